The van der Waals surface area contributed by atoms with Crippen LogP contribution in [-0.2, 0) is 9.53 Å². The molecule has 0 saturated carbocycles. The first-order chi connectivity index (χ1) is 8.32. The van der Waals surface area contributed by atoms with E-state index in [-0.39, 0.29) is 17.4 Å². The zero-order valence-electron chi connectivity index (χ0n) is 12.2. The Morgan fingerprint density at radius 3 is 2.50 bits per heavy atom. The topological polar surface area (TPSA) is 62.1 Å². The van der Waals surface area contributed by atoms with Gasteiger partial charge in [-0.05, 0) is 45.6 Å². The third kappa shape index (κ3) is 7.29. The molecule has 0 bridgehead atoms. The van der Waals surface area contributed by atoms with E-state index in [9.17, 15) is 4.79 Å². The van der Waals surface area contributed by atoms with Crippen LogP contribution in [0.1, 0.15) is 47.0 Å². The van der Waals surface area contributed by atoms with Crippen molar-refractivity contribution in [2.24, 2.45) is 11.3 Å². The number of carbonyl (C=O) groups excluding carboxylic acids is 1. The van der Waals surface area contributed by atoms with Crippen LogP contribution in [0.5, 0.6) is 0 Å². The Morgan fingerprint density at radius 2 is 2.06 bits per heavy atom. The minimum Gasteiger partial charge on any atom is -0.468 e. The van der Waals surface area contributed by atoms with Crippen molar-refractivity contribution in [3.8, 4) is 6.07 Å². The summed E-state index contributed by atoms with van der Waals surface area (Å²) in [6, 6.07) is 2.04. The van der Waals surface area contributed by atoms with Crippen molar-refractivity contribution in [3.63, 3.8) is 0 Å². The Kier molecular flexibility index (Phi) is 7.61. The van der Waals surface area contributed by atoms with E-state index >= 15 is 0 Å². The van der Waals surface area contributed by atoms with Crippen molar-refractivity contribution in [1.29, 1.82) is 5.26 Å². The average Bonchev–Trinajstić information content (AvgIpc) is 2.31. The fourth-order valence-corrected chi connectivity index (χ4v) is 1.74. The van der Waals surface area contributed by atoms with Crippen LogP contribution in [0.2, 0.25) is 0 Å². The van der Waals surface area contributed by atoms with Gasteiger partial charge in [-0.25, -0.2) is 0 Å². The van der Waals surface area contributed by atoms with Gasteiger partial charge in [0.1, 0.15) is 6.04 Å². The number of rotatable bonds is 8. The van der Waals surface area contributed by atoms with Gasteiger partial charge in [-0.2, -0.15) is 5.26 Å². The number of nitrogens with one attached hydrogen (secondary N) is 1. The molecule has 0 aromatic heterocycles. The number of nitriles is 1. The number of nitrogens with zero attached hydrogens (tertiary/aromatic N) is 1. The second-order valence-corrected chi connectivity index (χ2v) is 5.76. The van der Waals surface area contributed by atoms with Crippen molar-refractivity contribution >= 4 is 5.97 Å². The highest BCUT2D eigenvalue weighted by atomic mass is 16.5. The second kappa shape index (κ2) is 8.10. The Bertz CT molecular complexity index is 293. The van der Waals surface area contributed by atoms with E-state index in [1.54, 1.807) is 0 Å². The summed E-state index contributed by atoms with van der Waals surface area (Å²) in [7, 11) is 1.41. The molecule has 0 aliphatic carbocycles. The predicted molar refractivity (Wildman–Crippen MR) is 71.9 cm³/mol. The molecule has 4 nitrogen and oxygen atoms in total. The maximum Gasteiger partial charge on any atom is 0.322 e. The Morgan fingerprint density at radius 1 is 1.44 bits per heavy atom. The molecular formula is C14H26N2O2. The van der Waals surface area contributed by atoms with Crippen LogP contribution in [0.3, 0.4) is 0 Å². The number of methoxy groups -OCH3 is 1. The summed E-state index contributed by atoms with van der Waals surface area (Å²) in [5.74, 6) is 0.236. The minimum atomic E-state index is -0.291. The fraction of sp³-hybridized carbons (Fsp3) is 0.857. The molecule has 4 heteroatoms. The molecule has 0 aliphatic rings. The quantitative estimate of drug-likeness (QED) is 0.534. The lowest BCUT2D eigenvalue weighted by molar-refractivity contribution is -0.143. The van der Waals surface area contributed by atoms with Gasteiger partial charge in [0.05, 0.1) is 18.6 Å². The van der Waals surface area contributed by atoms with Crippen LogP contribution in [0.4, 0.5) is 0 Å². The van der Waals surface area contributed by atoms with Crippen molar-refractivity contribution in [2.75, 3.05) is 13.7 Å². The van der Waals surface area contributed by atoms with Gasteiger partial charge < -0.3 is 10.1 Å². The van der Waals surface area contributed by atoms with E-state index in [0.717, 1.165) is 25.8 Å². The molecule has 18 heavy (non-hydrogen) atoms. The molecular weight excluding hydrogens is 228 g/mol. The van der Waals surface area contributed by atoms with Gasteiger partial charge >= 0.3 is 5.97 Å². The molecule has 0 amide bonds. The van der Waals surface area contributed by atoms with Crippen LogP contribution in [-0.4, -0.2) is 25.7 Å². The lowest BCUT2D eigenvalue weighted by Gasteiger charge is -2.20. The monoisotopic (exact) mass is 254 g/mol. The molecule has 0 aliphatic heterocycles. The molecule has 0 fully saturated rings. The number of esters is 1. The zero-order valence-corrected chi connectivity index (χ0v) is 12.2. The predicted octanol–water partition coefficient (Wildman–Crippen LogP) is 2.49. The van der Waals surface area contributed by atoms with Crippen LogP contribution < -0.4 is 5.32 Å². The standard InChI is InChI=1S/C14H26N2O2/c1-11(2)9-12(13(17)18-5)16-8-6-7-14(3,4)10-15/h11-12,16H,6-9H2,1-5H3. The summed E-state index contributed by atoms with van der Waals surface area (Å²) in [6.07, 6.45) is 2.48. The van der Waals surface area contributed by atoms with Crippen LogP contribution in [0.25, 0.3) is 0 Å². The first kappa shape index (κ1) is 16.9. The molecule has 0 aromatic rings. The van der Waals surface area contributed by atoms with Crippen LogP contribution in [0, 0.1) is 22.7 Å². The fourth-order valence-electron chi connectivity index (χ4n) is 1.74. The minimum absolute atomic E-state index is 0.205. The van der Waals surface area contributed by atoms with Crippen molar-refractivity contribution in [1.82, 2.24) is 5.32 Å². The molecule has 1 N–H and O–H groups in total. The van der Waals surface area contributed by atoms with E-state index < -0.39 is 0 Å². The summed E-state index contributed by atoms with van der Waals surface area (Å²) in [5, 5.41) is 12.1. The van der Waals surface area contributed by atoms with Gasteiger partial charge in [-0.1, -0.05) is 13.8 Å². The van der Waals surface area contributed by atoms with E-state index in [0.29, 0.717) is 5.92 Å². The van der Waals surface area contributed by atoms with Gasteiger partial charge in [-0.15, -0.1) is 0 Å². The average molecular weight is 254 g/mol. The third-order valence-corrected chi connectivity index (χ3v) is 2.86. The largest absolute Gasteiger partial charge is 0.468 e. The highest BCUT2D eigenvalue weighted by molar-refractivity contribution is 5.75. The molecule has 0 radical (unpaired) electrons. The summed E-state index contributed by atoms with van der Waals surface area (Å²) in [5.41, 5.74) is -0.291. The van der Waals surface area contributed by atoms with E-state index in [1.807, 2.05) is 13.8 Å². The first-order valence-electron chi connectivity index (χ1n) is 6.55. The van der Waals surface area contributed by atoms with Gasteiger partial charge in [0.25, 0.3) is 0 Å². The summed E-state index contributed by atoms with van der Waals surface area (Å²) < 4.78 is 4.78. The van der Waals surface area contributed by atoms with Crippen molar-refractivity contribution in [2.45, 2.75) is 53.0 Å². The first-order valence-corrected chi connectivity index (χ1v) is 6.55. The summed E-state index contributed by atoms with van der Waals surface area (Å²) in [6.45, 7) is 8.75. The number of hydrogen-bond donors (Lipinski definition) is 1. The normalized spacial score (nSPS) is 13.2. The van der Waals surface area contributed by atoms with Gasteiger partial charge in [-0.3, -0.25) is 4.79 Å². The molecule has 0 aromatic carbocycles. The Labute approximate surface area is 111 Å². The van der Waals surface area contributed by atoms with E-state index in [1.165, 1.54) is 7.11 Å². The number of hydrogen-bond acceptors (Lipinski definition) is 4. The summed E-state index contributed by atoms with van der Waals surface area (Å²) >= 11 is 0. The molecule has 0 saturated heterocycles. The number of carbonyl (C=O) groups is 1. The van der Waals surface area contributed by atoms with E-state index in [4.69, 9.17) is 10.00 Å². The SMILES string of the molecule is COC(=O)C(CC(C)C)NCCCC(C)(C)C#N. The Balaban J connectivity index is 4.05. The molecule has 104 valence electrons. The third-order valence-electron chi connectivity index (χ3n) is 2.86. The van der Waals surface area contributed by atoms with Gasteiger partial charge in [0.15, 0.2) is 0 Å². The van der Waals surface area contributed by atoms with Gasteiger partial charge in [0.2, 0.25) is 0 Å². The Hall–Kier alpha value is -1.08. The molecule has 1 atom stereocenters. The molecule has 0 rings (SSSR count). The lowest BCUT2D eigenvalue weighted by Crippen LogP contribution is -2.39. The highest BCUT2D eigenvalue weighted by Crippen LogP contribution is 2.20. The number of ether oxygens (including phenoxy) is 1. The smallest absolute Gasteiger partial charge is 0.322 e. The molecule has 1 unspecified atom stereocenters. The van der Waals surface area contributed by atoms with Crippen molar-refractivity contribution in [3.05, 3.63) is 0 Å². The lowest BCUT2D eigenvalue weighted by atomic mass is 9.90. The maximum atomic E-state index is 11.6. The molecule has 0 spiro atoms. The van der Waals surface area contributed by atoms with E-state index in [2.05, 4.69) is 25.2 Å². The maximum absolute atomic E-state index is 11.6. The highest BCUT2D eigenvalue weighted by Gasteiger charge is 2.20. The summed E-state index contributed by atoms with van der Waals surface area (Å²) in [4.78, 5) is 11.6. The van der Waals surface area contributed by atoms with Gasteiger partial charge in [0, 0.05) is 0 Å². The van der Waals surface area contributed by atoms with Crippen LogP contribution >= 0.6 is 0 Å². The molecule has 0 heterocycles. The van der Waals surface area contributed by atoms with Crippen molar-refractivity contribution < 1.29 is 9.53 Å². The second-order valence-electron chi connectivity index (χ2n) is 5.76. The van der Waals surface area contributed by atoms with Crippen LogP contribution in [0.15, 0.2) is 0 Å². The zero-order chi connectivity index (χ0) is 14.2.